The van der Waals surface area contributed by atoms with E-state index in [1.54, 1.807) is 0 Å². The highest BCUT2D eigenvalue weighted by atomic mass is 15.2. The molecule has 0 spiro atoms. The second-order valence-corrected chi connectivity index (χ2v) is 4.86. The normalized spacial score (nSPS) is 24.1. The van der Waals surface area contributed by atoms with Crippen molar-refractivity contribution in [3.8, 4) is 0 Å². The minimum Gasteiger partial charge on any atom is -0.348 e. The van der Waals surface area contributed by atoms with Gasteiger partial charge in [-0.1, -0.05) is 18.2 Å². The zero-order valence-corrected chi connectivity index (χ0v) is 9.90. The second-order valence-electron chi connectivity index (χ2n) is 4.86. The fourth-order valence-electron chi connectivity index (χ4n) is 2.23. The molecule has 0 radical (unpaired) electrons. The second kappa shape index (κ2) is 3.96. The van der Waals surface area contributed by atoms with Gasteiger partial charge in [0.2, 0.25) is 5.95 Å². The molecule has 4 heteroatoms. The number of nitrogens with one attached hydrogen (secondary N) is 2. The Kier molecular flexibility index (Phi) is 2.44. The van der Waals surface area contributed by atoms with E-state index in [0.717, 1.165) is 36.4 Å². The van der Waals surface area contributed by atoms with Crippen LogP contribution in [0.1, 0.15) is 13.3 Å². The lowest BCUT2D eigenvalue weighted by molar-refractivity contribution is 0.561. The van der Waals surface area contributed by atoms with Crippen LogP contribution < -0.4 is 10.6 Å². The SMILES string of the molecule is CC1(Nc2ncc3ccccc3n2)CCNC1. The van der Waals surface area contributed by atoms with Gasteiger partial charge in [-0.05, 0) is 26.0 Å². The molecule has 4 nitrogen and oxygen atoms in total. The molecule has 0 bridgehead atoms. The van der Waals surface area contributed by atoms with Crippen LogP contribution in [0, 0.1) is 0 Å². The summed E-state index contributed by atoms with van der Waals surface area (Å²) in [6.45, 7) is 4.21. The molecule has 1 aliphatic rings. The molecule has 2 heterocycles. The van der Waals surface area contributed by atoms with Gasteiger partial charge in [0.15, 0.2) is 0 Å². The van der Waals surface area contributed by atoms with E-state index in [4.69, 9.17) is 0 Å². The summed E-state index contributed by atoms with van der Waals surface area (Å²) in [5.74, 6) is 0.718. The van der Waals surface area contributed by atoms with Crippen molar-refractivity contribution in [3.05, 3.63) is 30.5 Å². The summed E-state index contributed by atoms with van der Waals surface area (Å²) in [5, 5.41) is 7.85. The van der Waals surface area contributed by atoms with Crippen LogP contribution in [0.15, 0.2) is 30.5 Å². The van der Waals surface area contributed by atoms with Gasteiger partial charge in [-0.25, -0.2) is 9.97 Å². The smallest absolute Gasteiger partial charge is 0.223 e. The third kappa shape index (κ3) is 2.08. The molecule has 3 rings (SSSR count). The lowest BCUT2D eigenvalue weighted by Gasteiger charge is -2.24. The quantitative estimate of drug-likeness (QED) is 0.823. The molecular formula is C13H16N4. The molecule has 1 unspecified atom stereocenters. The van der Waals surface area contributed by atoms with Gasteiger partial charge in [0.1, 0.15) is 0 Å². The number of hydrogen-bond donors (Lipinski definition) is 2. The molecular weight excluding hydrogens is 212 g/mol. The minimum atomic E-state index is 0.0719. The van der Waals surface area contributed by atoms with Gasteiger partial charge < -0.3 is 10.6 Å². The lowest BCUT2D eigenvalue weighted by Crippen LogP contribution is -2.37. The first kappa shape index (κ1) is 10.5. The van der Waals surface area contributed by atoms with Gasteiger partial charge in [-0.3, -0.25) is 0 Å². The predicted molar refractivity (Wildman–Crippen MR) is 69.1 cm³/mol. The van der Waals surface area contributed by atoms with E-state index in [1.807, 2.05) is 30.5 Å². The fraction of sp³-hybridized carbons (Fsp3) is 0.385. The van der Waals surface area contributed by atoms with Crippen LogP contribution in [0.25, 0.3) is 10.9 Å². The molecule has 0 saturated carbocycles. The molecule has 88 valence electrons. The van der Waals surface area contributed by atoms with Gasteiger partial charge in [0, 0.05) is 18.1 Å². The molecule has 0 aliphatic carbocycles. The molecule has 17 heavy (non-hydrogen) atoms. The highest BCUT2D eigenvalue weighted by Crippen LogP contribution is 2.20. The van der Waals surface area contributed by atoms with Crippen LogP contribution in [-0.2, 0) is 0 Å². The Balaban J connectivity index is 1.90. The Morgan fingerprint density at radius 1 is 1.35 bits per heavy atom. The molecule has 1 atom stereocenters. The Bertz CT molecular complexity index is 532. The van der Waals surface area contributed by atoms with Gasteiger partial charge in [-0.2, -0.15) is 0 Å². The zero-order valence-electron chi connectivity index (χ0n) is 9.90. The molecule has 2 aromatic rings. The lowest BCUT2D eigenvalue weighted by atomic mass is 10.0. The van der Waals surface area contributed by atoms with E-state index < -0.39 is 0 Å². The molecule has 1 fully saturated rings. The average molecular weight is 228 g/mol. The summed E-state index contributed by atoms with van der Waals surface area (Å²) in [6, 6.07) is 8.04. The fourth-order valence-corrected chi connectivity index (χ4v) is 2.23. The van der Waals surface area contributed by atoms with Crippen molar-refractivity contribution >= 4 is 16.9 Å². The van der Waals surface area contributed by atoms with E-state index in [0.29, 0.717) is 0 Å². The maximum absolute atomic E-state index is 4.53. The summed E-state index contributed by atoms with van der Waals surface area (Å²) in [6.07, 6.45) is 2.97. The van der Waals surface area contributed by atoms with Crippen molar-refractivity contribution in [1.82, 2.24) is 15.3 Å². The number of fused-ring (bicyclic) bond motifs is 1. The largest absolute Gasteiger partial charge is 0.348 e. The predicted octanol–water partition coefficient (Wildman–Crippen LogP) is 1.79. The van der Waals surface area contributed by atoms with E-state index in [-0.39, 0.29) is 5.54 Å². The van der Waals surface area contributed by atoms with Gasteiger partial charge in [0.05, 0.1) is 11.1 Å². The molecule has 1 aliphatic heterocycles. The topological polar surface area (TPSA) is 49.8 Å². The Labute approximate surface area is 100 Å². The third-order valence-corrected chi connectivity index (χ3v) is 3.27. The first-order valence-electron chi connectivity index (χ1n) is 5.96. The van der Waals surface area contributed by atoms with Crippen molar-refractivity contribution < 1.29 is 0 Å². The maximum Gasteiger partial charge on any atom is 0.223 e. The molecule has 2 N–H and O–H groups in total. The highest BCUT2D eigenvalue weighted by molar-refractivity contribution is 5.78. The van der Waals surface area contributed by atoms with Crippen molar-refractivity contribution in [2.24, 2.45) is 0 Å². The Hall–Kier alpha value is -1.68. The van der Waals surface area contributed by atoms with E-state index in [1.165, 1.54) is 0 Å². The number of hydrogen-bond acceptors (Lipinski definition) is 4. The van der Waals surface area contributed by atoms with Crippen LogP contribution >= 0.6 is 0 Å². The zero-order chi connectivity index (χ0) is 11.7. The van der Waals surface area contributed by atoms with E-state index in [2.05, 4.69) is 27.5 Å². The van der Waals surface area contributed by atoms with Crippen molar-refractivity contribution in [3.63, 3.8) is 0 Å². The van der Waals surface area contributed by atoms with Crippen molar-refractivity contribution in [1.29, 1.82) is 0 Å². The van der Waals surface area contributed by atoms with Crippen molar-refractivity contribution in [2.75, 3.05) is 18.4 Å². The van der Waals surface area contributed by atoms with Crippen LogP contribution in [0.3, 0.4) is 0 Å². The minimum absolute atomic E-state index is 0.0719. The molecule has 1 aromatic carbocycles. The first-order valence-corrected chi connectivity index (χ1v) is 5.96. The Morgan fingerprint density at radius 3 is 3.06 bits per heavy atom. The van der Waals surface area contributed by atoms with E-state index in [9.17, 15) is 0 Å². The standard InChI is InChI=1S/C13H16N4/c1-13(6-7-14-9-13)17-12-15-8-10-4-2-3-5-11(10)16-12/h2-5,8,14H,6-7,9H2,1H3,(H,15,16,17). The van der Waals surface area contributed by atoms with Gasteiger partial charge in [-0.15, -0.1) is 0 Å². The maximum atomic E-state index is 4.53. The van der Waals surface area contributed by atoms with Gasteiger partial charge >= 0.3 is 0 Å². The van der Waals surface area contributed by atoms with Crippen LogP contribution in [0.5, 0.6) is 0 Å². The Morgan fingerprint density at radius 2 is 2.24 bits per heavy atom. The summed E-state index contributed by atoms with van der Waals surface area (Å²) in [5.41, 5.74) is 1.06. The summed E-state index contributed by atoms with van der Waals surface area (Å²) in [7, 11) is 0. The summed E-state index contributed by atoms with van der Waals surface area (Å²) < 4.78 is 0. The third-order valence-electron chi connectivity index (χ3n) is 3.27. The van der Waals surface area contributed by atoms with Crippen molar-refractivity contribution in [2.45, 2.75) is 18.9 Å². The average Bonchev–Trinajstić information content (AvgIpc) is 2.76. The number of para-hydroxylation sites is 1. The monoisotopic (exact) mass is 228 g/mol. The molecule has 1 saturated heterocycles. The number of nitrogens with zero attached hydrogens (tertiary/aromatic N) is 2. The number of rotatable bonds is 2. The van der Waals surface area contributed by atoms with E-state index >= 15 is 0 Å². The van der Waals surface area contributed by atoms with Crippen LogP contribution in [0.2, 0.25) is 0 Å². The molecule has 1 aromatic heterocycles. The van der Waals surface area contributed by atoms with Crippen LogP contribution in [-0.4, -0.2) is 28.6 Å². The van der Waals surface area contributed by atoms with Crippen LogP contribution in [0.4, 0.5) is 5.95 Å². The summed E-state index contributed by atoms with van der Waals surface area (Å²) in [4.78, 5) is 8.90. The molecule has 0 amide bonds. The number of aromatic nitrogens is 2. The number of benzene rings is 1. The highest BCUT2D eigenvalue weighted by Gasteiger charge is 2.28. The number of anilines is 1. The van der Waals surface area contributed by atoms with Gasteiger partial charge in [0.25, 0.3) is 0 Å². The first-order chi connectivity index (χ1) is 8.25. The summed E-state index contributed by atoms with van der Waals surface area (Å²) >= 11 is 0.